The van der Waals surface area contributed by atoms with Gasteiger partial charge in [0.2, 0.25) is 0 Å². The van der Waals surface area contributed by atoms with Crippen LogP contribution in [-0.2, 0) is 20.1 Å². The van der Waals surface area contributed by atoms with Gasteiger partial charge < -0.3 is 15.0 Å². The minimum Gasteiger partial charge on any atom is -0.305 e. The molecular weight excluding hydrogens is 1100 g/mol. The van der Waals surface area contributed by atoms with Gasteiger partial charge in [-0.1, -0.05) is 197 Å². The summed E-state index contributed by atoms with van der Waals surface area (Å²) >= 11 is 0. The Morgan fingerprint density at radius 2 is 0.763 bits per heavy atom. The van der Waals surface area contributed by atoms with Crippen LogP contribution in [0.2, 0.25) is 0 Å². The molecule has 0 unspecified atom stereocenters. The van der Waals surface area contributed by atoms with Gasteiger partial charge in [0.05, 0.1) is 0 Å². The number of aryl methyl sites for hydroxylation is 1. The van der Waals surface area contributed by atoms with Crippen LogP contribution in [0.15, 0.2) is 261 Å². The topological polar surface area (TPSA) is 38.7 Å². The van der Waals surface area contributed by atoms with Crippen molar-refractivity contribution in [1.29, 1.82) is 0 Å². The van der Waals surface area contributed by atoms with E-state index in [4.69, 9.17) is 4.98 Å². The number of benzene rings is 10. The first-order chi connectivity index (χ1) is 37.1. The normalized spacial score (nSPS) is 11.1. The van der Waals surface area contributed by atoms with Crippen LogP contribution in [0.4, 0.5) is 0 Å². The Kier molecular flexibility index (Phi) is 13.2. The molecule has 76 heavy (non-hydrogen) atoms. The third-order valence-electron chi connectivity index (χ3n) is 14.3. The minimum absolute atomic E-state index is 0. The third kappa shape index (κ3) is 9.37. The fourth-order valence-corrected chi connectivity index (χ4v) is 10.5. The van der Waals surface area contributed by atoms with Crippen molar-refractivity contribution in [2.75, 3.05) is 0 Å². The van der Waals surface area contributed by atoms with E-state index in [0.717, 1.165) is 117 Å². The first-order valence-corrected chi connectivity index (χ1v) is 25.3. The number of hydrogen-bond acceptors (Lipinski definition) is 3. The van der Waals surface area contributed by atoms with E-state index in [9.17, 15) is 0 Å². The van der Waals surface area contributed by atoms with Gasteiger partial charge in [-0.25, -0.2) is 0 Å². The van der Waals surface area contributed by atoms with Gasteiger partial charge >= 0.3 is 20.1 Å². The monoisotopic (exact) mass is 1150 g/mol. The maximum atomic E-state index is 4.87. The summed E-state index contributed by atoms with van der Waals surface area (Å²) < 4.78 is 0. The molecule has 0 saturated carbocycles. The summed E-state index contributed by atoms with van der Waals surface area (Å²) in [6.45, 7) is 2.07. The van der Waals surface area contributed by atoms with Crippen molar-refractivity contribution in [3.63, 3.8) is 0 Å². The molecule has 13 rings (SSSR count). The average Bonchev–Trinajstić information content (AvgIpc) is 3.50. The van der Waals surface area contributed by atoms with Crippen molar-refractivity contribution in [1.82, 2.24) is 15.0 Å². The second kappa shape index (κ2) is 21.0. The molecule has 0 aliphatic carbocycles. The molecule has 358 valence electrons. The Bertz CT molecular complexity index is 4060. The van der Waals surface area contributed by atoms with E-state index in [-0.39, 0.29) is 20.1 Å². The van der Waals surface area contributed by atoms with Crippen LogP contribution in [0, 0.1) is 25.1 Å². The molecule has 0 spiro atoms. The van der Waals surface area contributed by atoms with Crippen molar-refractivity contribution in [3.8, 4) is 112 Å². The van der Waals surface area contributed by atoms with Crippen LogP contribution in [-0.4, -0.2) is 15.0 Å². The summed E-state index contributed by atoms with van der Waals surface area (Å²) in [7, 11) is 0. The van der Waals surface area contributed by atoms with E-state index in [2.05, 4.69) is 241 Å². The molecule has 3 aromatic heterocycles. The van der Waals surface area contributed by atoms with Gasteiger partial charge in [0, 0.05) is 18.6 Å². The first kappa shape index (κ1) is 47.8. The van der Waals surface area contributed by atoms with E-state index < -0.39 is 0 Å². The largest absolute Gasteiger partial charge is 3.00 e. The average molecular weight is 1150 g/mol. The quantitative estimate of drug-likeness (QED) is 0.101. The van der Waals surface area contributed by atoms with Gasteiger partial charge in [-0.3, -0.25) is 0 Å². The summed E-state index contributed by atoms with van der Waals surface area (Å²) in [6, 6.07) is 97.5. The van der Waals surface area contributed by atoms with Gasteiger partial charge in [-0.15, -0.1) is 83.4 Å². The second-order valence-corrected chi connectivity index (χ2v) is 19.0. The molecule has 3 heterocycles. The molecule has 0 radical (unpaired) electrons. The molecule has 0 bridgehead atoms. The molecule has 0 atom stereocenters. The number of nitrogens with zero attached hydrogens (tertiary/aromatic N) is 3. The second-order valence-electron chi connectivity index (χ2n) is 19.0. The van der Waals surface area contributed by atoms with Crippen molar-refractivity contribution < 1.29 is 20.1 Å². The fourth-order valence-electron chi connectivity index (χ4n) is 10.5. The van der Waals surface area contributed by atoms with E-state index in [1.54, 1.807) is 0 Å². The molecular formula is C72H46IrN3. The molecule has 3 nitrogen and oxygen atoms in total. The Hall–Kier alpha value is -9.18. The number of hydrogen-bond donors (Lipinski definition) is 0. The summed E-state index contributed by atoms with van der Waals surface area (Å²) in [5, 5.41) is 4.90. The van der Waals surface area contributed by atoms with Gasteiger partial charge in [-0.2, -0.15) is 0 Å². The van der Waals surface area contributed by atoms with Crippen molar-refractivity contribution >= 4 is 21.5 Å². The summed E-state index contributed by atoms with van der Waals surface area (Å²) in [6.07, 6.45) is 5.58. The molecule has 4 heteroatoms. The third-order valence-corrected chi connectivity index (χ3v) is 14.3. The van der Waals surface area contributed by atoms with Crippen LogP contribution in [0.1, 0.15) is 5.56 Å². The summed E-state index contributed by atoms with van der Waals surface area (Å²) in [4.78, 5) is 14.1. The molecule has 0 amide bonds. The molecule has 0 aliphatic heterocycles. The Morgan fingerprint density at radius 3 is 1.30 bits per heavy atom. The molecule has 0 fully saturated rings. The Morgan fingerprint density at radius 1 is 0.289 bits per heavy atom. The van der Waals surface area contributed by atoms with Crippen LogP contribution in [0.3, 0.4) is 0 Å². The SMILES string of the molecule is Cc1ccc(-c2[c-]cc(-c3ccccc3-c3cc(-c4ccccc4-c4c[c-]c(-c5ccccn5)cc4)cc(-c4ccccc4-c4c[c-]c(-c5ccccn5)cc4)c3)c(-c3ccc4c(ccc5ccccc54)c3)c2)nc1.[Ir+3]. The van der Waals surface area contributed by atoms with E-state index in [0.29, 0.717) is 0 Å². The van der Waals surface area contributed by atoms with E-state index >= 15 is 0 Å². The number of fused-ring (bicyclic) bond motifs is 3. The Labute approximate surface area is 457 Å². The zero-order valence-corrected chi connectivity index (χ0v) is 43.9. The first-order valence-electron chi connectivity index (χ1n) is 25.3. The number of pyridine rings is 3. The standard InChI is InChI=1S/C72H46N3.Ir/c1-48-24-39-72(75-47-48)56-36-38-68(69(46-56)55-35-37-66-54(42-55)34-29-49-14-2-3-15-60(49)66)67-21-9-8-20-65(67)59-44-57(63-18-6-4-16-61(63)50-25-30-52(31-26-50)70-22-10-12-40-73-70)43-58(45-59)64-19-7-5-17-62(64)51-27-32-53(33-28-51)71-23-11-13-41-74-71;/h2-30,32,34-35,37-47H,1H3;/q-3;+3. The van der Waals surface area contributed by atoms with Crippen LogP contribution in [0.25, 0.3) is 133 Å². The number of aromatic nitrogens is 3. The van der Waals surface area contributed by atoms with Crippen molar-refractivity contribution in [2.24, 2.45) is 0 Å². The van der Waals surface area contributed by atoms with E-state index in [1.807, 2.05) is 55.0 Å². The smallest absolute Gasteiger partial charge is 0.305 e. The summed E-state index contributed by atoms with van der Waals surface area (Å²) in [5.74, 6) is 0. The molecule has 0 N–H and O–H groups in total. The van der Waals surface area contributed by atoms with Gasteiger partial charge in [-0.05, 0) is 126 Å². The maximum Gasteiger partial charge on any atom is 3.00 e. The molecule has 0 saturated heterocycles. The van der Waals surface area contributed by atoms with Gasteiger partial charge in [0.15, 0.2) is 0 Å². The van der Waals surface area contributed by atoms with Gasteiger partial charge in [0.25, 0.3) is 0 Å². The molecule has 0 aliphatic rings. The van der Waals surface area contributed by atoms with Crippen molar-refractivity contribution in [3.05, 3.63) is 285 Å². The zero-order chi connectivity index (χ0) is 50.1. The minimum atomic E-state index is 0. The Balaban J connectivity index is 0.00000582. The van der Waals surface area contributed by atoms with E-state index in [1.165, 1.54) is 21.5 Å². The fraction of sp³-hybridized carbons (Fsp3) is 0.0139. The van der Waals surface area contributed by atoms with Crippen LogP contribution >= 0.6 is 0 Å². The maximum absolute atomic E-state index is 4.87. The summed E-state index contributed by atoms with van der Waals surface area (Å²) in [5.41, 5.74) is 22.1. The molecule has 13 aromatic rings. The van der Waals surface area contributed by atoms with Crippen LogP contribution < -0.4 is 0 Å². The predicted octanol–water partition coefficient (Wildman–Crippen LogP) is 18.6. The molecule has 10 aromatic carbocycles. The number of rotatable bonds is 10. The van der Waals surface area contributed by atoms with Gasteiger partial charge in [0.1, 0.15) is 0 Å². The van der Waals surface area contributed by atoms with Crippen LogP contribution in [0.5, 0.6) is 0 Å². The zero-order valence-electron chi connectivity index (χ0n) is 41.5. The van der Waals surface area contributed by atoms with Crippen molar-refractivity contribution in [2.45, 2.75) is 6.92 Å². The predicted molar refractivity (Wildman–Crippen MR) is 310 cm³/mol.